The standard InChI is InChI=1S/C10H9F2N3O2/c11-10(12)9-6(3-13)1-5(2-8(16)17)7(4-14)15-9/h1,10H,2-3,13H2,(H,16,17). The molecule has 0 aliphatic carbocycles. The summed E-state index contributed by atoms with van der Waals surface area (Å²) >= 11 is 0. The van der Waals surface area contributed by atoms with E-state index < -0.39 is 24.5 Å². The van der Waals surface area contributed by atoms with E-state index in [2.05, 4.69) is 4.98 Å². The molecule has 0 radical (unpaired) electrons. The van der Waals surface area contributed by atoms with Crippen molar-refractivity contribution < 1.29 is 18.7 Å². The number of nitriles is 1. The quantitative estimate of drug-likeness (QED) is 0.818. The van der Waals surface area contributed by atoms with Gasteiger partial charge in [-0.05, 0) is 11.6 Å². The Labute approximate surface area is 95.5 Å². The highest BCUT2D eigenvalue weighted by molar-refractivity contribution is 5.71. The van der Waals surface area contributed by atoms with Gasteiger partial charge in [-0.25, -0.2) is 13.8 Å². The highest BCUT2D eigenvalue weighted by atomic mass is 19.3. The molecule has 5 nitrogen and oxygen atoms in total. The lowest BCUT2D eigenvalue weighted by atomic mass is 10.1. The lowest BCUT2D eigenvalue weighted by Gasteiger charge is -2.09. The van der Waals surface area contributed by atoms with Crippen molar-refractivity contribution in [2.24, 2.45) is 5.73 Å². The van der Waals surface area contributed by atoms with Gasteiger partial charge < -0.3 is 10.8 Å². The number of rotatable bonds is 4. The lowest BCUT2D eigenvalue weighted by molar-refractivity contribution is -0.136. The minimum absolute atomic E-state index is 0.0512. The van der Waals surface area contributed by atoms with Gasteiger partial charge in [-0.15, -0.1) is 0 Å². The fraction of sp³-hybridized carbons (Fsp3) is 0.300. The third-order valence-corrected chi connectivity index (χ3v) is 2.09. The van der Waals surface area contributed by atoms with E-state index in [0.29, 0.717) is 0 Å². The molecule has 0 saturated heterocycles. The van der Waals surface area contributed by atoms with Gasteiger partial charge in [0, 0.05) is 12.1 Å². The molecule has 0 aliphatic heterocycles. The number of alkyl halides is 2. The molecule has 0 bridgehead atoms. The van der Waals surface area contributed by atoms with Crippen molar-refractivity contribution in [3.8, 4) is 6.07 Å². The molecular formula is C10H9F2N3O2. The molecule has 3 N–H and O–H groups in total. The van der Waals surface area contributed by atoms with Crippen LogP contribution in [0.4, 0.5) is 8.78 Å². The number of pyridine rings is 1. The Bertz CT molecular complexity index is 483. The molecule has 1 heterocycles. The van der Waals surface area contributed by atoms with Crippen molar-refractivity contribution in [1.82, 2.24) is 4.98 Å². The zero-order chi connectivity index (χ0) is 13.0. The van der Waals surface area contributed by atoms with E-state index >= 15 is 0 Å². The topological polar surface area (TPSA) is 100 Å². The third kappa shape index (κ3) is 2.95. The molecule has 1 aromatic rings. The van der Waals surface area contributed by atoms with Gasteiger partial charge in [0.2, 0.25) is 0 Å². The largest absolute Gasteiger partial charge is 0.481 e. The molecule has 0 amide bonds. The second-order valence-electron chi connectivity index (χ2n) is 3.23. The molecule has 0 fully saturated rings. The fourth-order valence-corrected chi connectivity index (χ4v) is 1.36. The van der Waals surface area contributed by atoms with Crippen LogP contribution in [0, 0.1) is 11.3 Å². The molecule has 1 aromatic heterocycles. The number of hydrogen-bond donors (Lipinski definition) is 2. The summed E-state index contributed by atoms with van der Waals surface area (Å²) in [4.78, 5) is 14.0. The number of carboxylic acid groups (broad SMARTS) is 1. The molecule has 0 atom stereocenters. The first kappa shape index (κ1) is 13.0. The fourth-order valence-electron chi connectivity index (χ4n) is 1.36. The summed E-state index contributed by atoms with van der Waals surface area (Å²) in [5.74, 6) is -1.17. The van der Waals surface area contributed by atoms with Crippen molar-refractivity contribution in [2.45, 2.75) is 19.4 Å². The van der Waals surface area contributed by atoms with E-state index in [9.17, 15) is 13.6 Å². The van der Waals surface area contributed by atoms with Crippen molar-refractivity contribution in [3.05, 3.63) is 28.6 Å². The zero-order valence-electron chi connectivity index (χ0n) is 8.65. The summed E-state index contributed by atoms with van der Waals surface area (Å²) in [6, 6.07) is 2.79. The Morgan fingerprint density at radius 3 is 2.65 bits per heavy atom. The zero-order valence-corrected chi connectivity index (χ0v) is 8.65. The van der Waals surface area contributed by atoms with Crippen LogP contribution < -0.4 is 5.73 Å². The molecule has 7 heteroatoms. The van der Waals surface area contributed by atoms with E-state index in [-0.39, 0.29) is 23.4 Å². The third-order valence-electron chi connectivity index (χ3n) is 2.09. The van der Waals surface area contributed by atoms with Crippen molar-refractivity contribution in [1.29, 1.82) is 5.26 Å². The highest BCUT2D eigenvalue weighted by Crippen LogP contribution is 2.23. The Balaban J connectivity index is 3.33. The van der Waals surface area contributed by atoms with Gasteiger partial charge in [0.25, 0.3) is 6.43 Å². The van der Waals surface area contributed by atoms with Crippen LogP contribution in [0.2, 0.25) is 0 Å². The Morgan fingerprint density at radius 2 is 2.24 bits per heavy atom. The average Bonchev–Trinajstić information content (AvgIpc) is 2.27. The van der Waals surface area contributed by atoms with Gasteiger partial charge in [-0.2, -0.15) is 5.26 Å². The second kappa shape index (κ2) is 5.32. The number of halogens is 2. The minimum atomic E-state index is -2.85. The Morgan fingerprint density at radius 1 is 1.59 bits per heavy atom. The van der Waals surface area contributed by atoms with Gasteiger partial charge in [-0.3, -0.25) is 4.79 Å². The van der Waals surface area contributed by atoms with Gasteiger partial charge in [0.15, 0.2) is 0 Å². The first-order chi connectivity index (χ1) is 7.99. The van der Waals surface area contributed by atoms with Crippen LogP contribution >= 0.6 is 0 Å². The summed E-state index contributed by atoms with van der Waals surface area (Å²) in [6.45, 7) is -0.189. The summed E-state index contributed by atoms with van der Waals surface area (Å²) in [5, 5.41) is 17.3. The van der Waals surface area contributed by atoms with Crippen LogP contribution in [0.3, 0.4) is 0 Å². The Kier molecular flexibility index (Phi) is 4.06. The summed E-state index contributed by atoms with van der Waals surface area (Å²) < 4.78 is 25.2. The van der Waals surface area contributed by atoms with Crippen LogP contribution in [0.5, 0.6) is 0 Å². The monoisotopic (exact) mass is 241 g/mol. The van der Waals surface area contributed by atoms with E-state index in [4.69, 9.17) is 16.1 Å². The number of aliphatic carboxylic acids is 1. The molecule has 0 saturated carbocycles. The number of carboxylic acids is 1. The maximum Gasteiger partial charge on any atom is 0.307 e. The number of carbonyl (C=O) groups is 1. The van der Waals surface area contributed by atoms with Crippen LogP contribution in [0.1, 0.15) is 28.9 Å². The molecule has 1 rings (SSSR count). The first-order valence-corrected chi connectivity index (χ1v) is 4.62. The molecule has 0 aromatic carbocycles. The Hall–Kier alpha value is -2.07. The number of nitrogens with two attached hydrogens (primary N) is 1. The van der Waals surface area contributed by atoms with Crippen LogP contribution in [-0.4, -0.2) is 16.1 Å². The maximum atomic E-state index is 12.6. The smallest absolute Gasteiger partial charge is 0.307 e. The highest BCUT2D eigenvalue weighted by Gasteiger charge is 2.19. The van der Waals surface area contributed by atoms with Crippen LogP contribution in [-0.2, 0) is 17.8 Å². The molecular weight excluding hydrogens is 232 g/mol. The first-order valence-electron chi connectivity index (χ1n) is 4.62. The molecule has 0 unspecified atom stereocenters. The molecule has 0 spiro atoms. The summed E-state index contributed by atoms with van der Waals surface area (Å²) in [7, 11) is 0. The van der Waals surface area contributed by atoms with E-state index in [0.717, 1.165) is 0 Å². The molecule has 0 aliphatic rings. The normalized spacial score (nSPS) is 10.3. The van der Waals surface area contributed by atoms with Crippen molar-refractivity contribution in [2.75, 3.05) is 0 Å². The SMILES string of the molecule is N#Cc1nc(C(F)F)c(CN)cc1CC(=O)O. The number of hydrogen-bond acceptors (Lipinski definition) is 4. The van der Waals surface area contributed by atoms with Gasteiger partial charge in [-0.1, -0.05) is 0 Å². The minimum Gasteiger partial charge on any atom is -0.481 e. The van der Waals surface area contributed by atoms with Crippen molar-refractivity contribution in [3.63, 3.8) is 0 Å². The maximum absolute atomic E-state index is 12.6. The van der Waals surface area contributed by atoms with E-state index in [1.807, 2.05) is 0 Å². The van der Waals surface area contributed by atoms with E-state index in [1.165, 1.54) is 6.07 Å². The lowest BCUT2D eigenvalue weighted by Crippen LogP contribution is -2.11. The van der Waals surface area contributed by atoms with Crippen molar-refractivity contribution >= 4 is 5.97 Å². The van der Waals surface area contributed by atoms with Gasteiger partial charge in [0.1, 0.15) is 17.5 Å². The van der Waals surface area contributed by atoms with Crippen LogP contribution in [0.15, 0.2) is 6.07 Å². The number of aromatic nitrogens is 1. The summed E-state index contributed by atoms with van der Waals surface area (Å²) in [6.07, 6.45) is -3.30. The van der Waals surface area contributed by atoms with E-state index in [1.54, 1.807) is 6.07 Å². The average molecular weight is 241 g/mol. The predicted molar refractivity (Wildman–Crippen MR) is 53.1 cm³/mol. The predicted octanol–water partition coefficient (Wildman–Crippen LogP) is 0.977. The van der Waals surface area contributed by atoms with Gasteiger partial charge >= 0.3 is 5.97 Å². The molecule has 17 heavy (non-hydrogen) atoms. The summed E-state index contributed by atoms with van der Waals surface area (Å²) in [5.41, 5.74) is 4.54. The second-order valence-corrected chi connectivity index (χ2v) is 3.23. The van der Waals surface area contributed by atoms with Gasteiger partial charge in [0.05, 0.1) is 6.42 Å². The number of nitrogens with zero attached hydrogens (tertiary/aromatic N) is 2. The molecule has 90 valence electrons. The van der Waals surface area contributed by atoms with Crippen LogP contribution in [0.25, 0.3) is 0 Å².